The number of nitrogens with one attached hydrogen (secondary N) is 1. The molecule has 0 heterocycles. The number of carbonyl (C=O) groups is 3. The van der Waals surface area contributed by atoms with Gasteiger partial charge in [0.25, 0.3) is 0 Å². The van der Waals surface area contributed by atoms with Gasteiger partial charge in [0.05, 0.1) is 19.6 Å². The van der Waals surface area contributed by atoms with Crippen LogP contribution in [0.15, 0.2) is 30.3 Å². The number of benzene rings is 1. The molecule has 5 heteroatoms. The van der Waals surface area contributed by atoms with Crippen molar-refractivity contribution in [3.8, 4) is 0 Å². The number of carbonyl (C=O) groups excluding carboxylic acids is 3. The minimum atomic E-state index is -0.814. The minimum Gasteiger partial charge on any atom is -0.469 e. The molecule has 0 aliphatic rings. The second-order valence-corrected chi connectivity index (χ2v) is 4.50. The molecule has 1 aromatic carbocycles. The van der Waals surface area contributed by atoms with Gasteiger partial charge in [-0.15, -0.1) is 0 Å². The number of hydrogen-bond donors (Lipinski definition) is 1. The summed E-state index contributed by atoms with van der Waals surface area (Å²) < 4.78 is 4.50. The van der Waals surface area contributed by atoms with E-state index < -0.39 is 12.0 Å². The Bertz CT molecular complexity index is 470. The maximum atomic E-state index is 11.8. The molecule has 0 aromatic heterocycles. The van der Waals surface area contributed by atoms with E-state index >= 15 is 0 Å². The van der Waals surface area contributed by atoms with E-state index in [1.165, 1.54) is 14.0 Å². The highest BCUT2D eigenvalue weighted by Crippen LogP contribution is 2.03. The van der Waals surface area contributed by atoms with Gasteiger partial charge in [-0.1, -0.05) is 30.3 Å². The van der Waals surface area contributed by atoms with Gasteiger partial charge >= 0.3 is 5.97 Å². The fourth-order valence-corrected chi connectivity index (χ4v) is 1.72. The van der Waals surface area contributed by atoms with E-state index in [1.807, 2.05) is 30.3 Å². The number of ketones is 1. The lowest BCUT2D eigenvalue weighted by molar-refractivity contribution is -0.143. The maximum absolute atomic E-state index is 11.8. The molecule has 0 saturated carbocycles. The Balaban J connectivity index is 2.46. The highest BCUT2D eigenvalue weighted by molar-refractivity contribution is 5.90. The van der Waals surface area contributed by atoms with Crippen LogP contribution < -0.4 is 5.32 Å². The van der Waals surface area contributed by atoms with E-state index in [1.54, 1.807) is 0 Å². The van der Waals surface area contributed by atoms with Gasteiger partial charge in [0.2, 0.25) is 5.91 Å². The molecule has 0 saturated heterocycles. The van der Waals surface area contributed by atoms with Gasteiger partial charge in [-0.05, 0) is 18.9 Å². The van der Waals surface area contributed by atoms with Crippen LogP contribution >= 0.6 is 0 Å². The number of aryl methyl sites for hydroxylation is 1. The molecule has 0 spiro atoms. The summed E-state index contributed by atoms with van der Waals surface area (Å²) in [7, 11) is 1.25. The van der Waals surface area contributed by atoms with Crippen molar-refractivity contribution in [3.05, 3.63) is 35.9 Å². The number of rotatable bonds is 7. The van der Waals surface area contributed by atoms with Crippen LogP contribution in [0.3, 0.4) is 0 Å². The van der Waals surface area contributed by atoms with Crippen LogP contribution in [0.4, 0.5) is 0 Å². The molecule has 1 atom stereocenters. The first-order chi connectivity index (χ1) is 9.52. The predicted molar refractivity (Wildman–Crippen MR) is 74.0 cm³/mol. The van der Waals surface area contributed by atoms with Gasteiger partial charge in [0.1, 0.15) is 0 Å². The number of Topliss-reactive ketones (excluding diaryl/α,β-unsaturated/α-hetero) is 1. The summed E-state index contributed by atoms with van der Waals surface area (Å²) >= 11 is 0. The second-order valence-electron chi connectivity index (χ2n) is 4.50. The highest BCUT2D eigenvalue weighted by atomic mass is 16.5. The van der Waals surface area contributed by atoms with Crippen molar-refractivity contribution in [2.45, 2.75) is 32.2 Å². The van der Waals surface area contributed by atoms with Gasteiger partial charge in [0.15, 0.2) is 5.78 Å². The van der Waals surface area contributed by atoms with E-state index in [2.05, 4.69) is 10.1 Å². The second kappa shape index (κ2) is 8.09. The first-order valence-corrected chi connectivity index (χ1v) is 6.43. The average Bonchev–Trinajstić information content (AvgIpc) is 2.45. The summed E-state index contributed by atoms with van der Waals surface area (Å²) in [5, 5.41) is 2.56. The smallest absolute Gasteiger partial charge is 0.308 e. The first kappa shape index (κ1) is 15.9. The summed E-state index contributed by atoms with van der Waals surface area (Å²) in [4.78, 5) is 34.3. The van der Waals surface area contributed by atoms with Crippen molar-refractivity contribution in [2.24, 2.45) is 0 Å². The van der Waals surface area contributed by atoms with Crippen LogP contribution in [-0.4, -0.2) is 30.8 Å². The van der Waals surface area contributed by atoms with Crippen LogP contribution in [0.25, 0.3) is 0 Å². The lowest BCUT2D eigenvalue weighted by Gasteiger charge is -2.14. The number of methoxy groups -OCH3 is 1. The standard InChI is InChI=1S/C15H19NO4/c1-11(17)13(10-15(19)20-2)16-14(18)9-8-12-6-4-3-5-7-12/h3-7,13H,8-10H2,1-2H3,(H,16,18). The molecule has 0 bridgehead atoms. The third-order valence-corrected chi connectivity index (χ3v) is 2.91. The Kier molecular flexibility index (Phi) is 6.43. The van der Waals surface area contributed by atoms with Crippen LogP contribution in [-0.2, 0) is 25.5 Å². The molecular weight excluding hydrogens is 258 g/mol. The fourth-order valence-electron chi connectivity index (χ4n) is 1.72. The zero-order chi connectivity index (χ0) is 15.0. The molecule has 1 N–H and O–H groups in total. The topological polar surface area (TPSA) is 72.5 Å². The molecule has 108 valence electrons. The van der Waals surface area contributed by atoms with Crippen molar-refractivity contribution in [1.82, 2.24) is 5.32 Å². The van der Waals surface area contributed by atoms with E-state index in [9.17, 15) is 14.4 Å². The van der Waals surface area contributed by atoms with Crippen molar-refractivity contribution in [1.29, 1.82) is 0 Å². The molecule has 0 fully saturated rings. The zero-order valence-corrected chi connectivity index (χ0v) is 11.7. The average molecular weight is 277 g/mol. The monoisotopic (exact) mass is 277 g/mol. The normalized spacial score (nSPS) is 11.5. The quantitative estimate of drug-likeness (QED) is 0.761. The molecular formula is C15H19NO4. The van der Waals surface area contributed by atoms with Crippen molar-refractivity contribution in [2.75, 3.05) is 7.11 Å². The molecule has 1 aromatic rings. The Labute approximate surface area is 118 Å². The Morgan fingerprint density at radius 3 is 2.40 bits per heavy atom. The van der Waals surface area contributed by atoms with E-state index in [-0.39, 0.29) is 24.5 Å². The lowest BCUT2D eigenvalue weighted by atomic mass is 10.1. The molecule has 1 amide bonds. The summed E-state index contributed by atoms with van der Waals surface area (Å²) in [5.41, 5.74) is 1.05. The third kappa shape index (κ3) is 5.65. The molecule has 20 heavy (non-hydrogen) atoms. The van der Waals surface area contributed by atoms with Crippen molar-refractivity contribution in [3.63, 3.8) is 0 Å². The van der Waals surface area contributed by atoms with Crippen LogP contribution in [0, 0.1) is 0 Å². The Morgan fingerprint density at radius 1 is 1.20 bits per heavy atom. The molecule has 0 radical (unpaired) electrons. The molecule has 1 unspecified atom stereocenters. The fraction of sp³-hybridized carbons (Fsp3) is 0.400. The van der Waals surface area contributed by atoms with E-state index in [0.29, 0.717) is 6.42 Å². The van der Waals surface area contributed by atoms with Crippen LogP contribution in [0.1, 0.15) is 25.3 Å². The van der Waals surface area contributed by atoms with Gasteiger partial charge in [-0.3, -0.25) is 14.4 Å². The number of ether oxygens (including phenoxy) is 1. The largest absolute Gasteiger partial charge is 0.469 e. The van der Waals surface area contributed by atoms with Gasteiger partial charge < -0.3 is 10.1 Å². The molecule has 0 aliphatic carbocycles. The maximum Gasteiger partial charge on any atom is 0.308 e. The number of esters is 1. The Hall–Kier alpha value is -2.17. The first-order valence-electron chi connectivity index (χ1n) is 6.43. The van der Waals surface area contributed by atoms with E-state index in [0.717, 1.165) is 5.56 Å². The summed E-state index contributed by atoms with van der Waals surface area (Å²) in [5.74, 6) is -1.03. The van der Waals surface area contributed by atoms with Gasteiger partial charge in [-0.2, -0.15) is 0 Å². The zero-order valence-electron chi connectivity index (χ0n) is 11.7. The molecule has 1 rings (SSSR count). The molecule has 0 aliphatic heterocycles. The SMILES string of the molecule is COC(=O)CC(NC(=O)CCc1ccccc1)C(C)=O. The number of hydrogen-bond acceptors (Lipinski definition) is 4. The van der Waals surface area contributed by atoms with Crippen molar-refractivity contribution < 1.29 is 19.1 Å². The Morgan fingerprint density at radius 2 is 1.85 bits per heavy atom. The third-order valence-electron chi connectivity index (χ3n) is 2.91. The minimum absolute atomic E-state index is 0.136. The summed E-state index contributed by atoms with van der Waals surface area (Å²) in [6.07, 6.45) is 0.730. The predicted octanol–water partition coefficient (Wildman–Crippen LogP) is 1.26. The van der Waals surface area contributed by atoms with E-state index in [4.69, 9.17) is 0 Å². The van der Waals surface area contributed by atoms with Crippen LogP contribution in [0.5, 0.6) is 0 Å². The van der Waals surface area contributed by atoms with Crippen molar-refractivity contribution >= 4 is 17.7 Å². The van der Waals surface area contributed by atoms with Gasteiger partial charge in [0, 0.05) is 6.42 Å². The summed E-state index contributed by atoms with van der Waals surface area (Å²) in [6, 6.07) is 8.77. The molecule has 5 nitrogen and oxygen atoms in total. The van der Waals surface area contributed by atoms with Crippen LogP contribution in [0.2, 0.25) is 0 Å². The van der Waals surface area contributed by atoms with Gasteiger partial charge in [-0.25, -0.2) is 0 Å². The summed E-state index contributed by atoms with van der Waals surface area (Å²) in [6.45, 7) is 1.34. The highest BCUT2D eigenvalue weighted by Gasteiger charge is 2.20. The lowest BCUT2D eigenvalue weighted by Crippen LogP contribution is -2.41. The number of amides is 1.